The summed E-state index contributed by atoms with van der Waals surface area (Å²) in [5.74, 6) is 3.41. The molecule has 2 saturated carbocycles. The van der Waals surface area contributed by atoms with Crippen molar-refractivity contribution >= 4 is 6.03 Å². The number of urea groups is 1. The zero-order valence-electron chi connectivity index (χ0n) is 12.8. The number of hydrogen-bond donors (Lipinski definition) is 1. The normalized spacial score (nSPS) is 28.9. The van der Waals surface area contributed by atoms with Crippen LogP contribution in [-0.2, 0) is 0 Å². The van der Waals surface area contributed by atoms with E-state index in [0.29, 0.717) is 5.92 Å². The molecule has 3 heteroatoms. The van der Waals surface area contributed by atoms with Crippen molar-refractivity contribution in [3.8, 4) is 0 Å². The first-order valence-electron chi connectivity index (χ1n) is 8.12. The van der Waals surface area contributed by atoms with E-state index >= 15 is 0 Å². The summed E-state index contributed by atoms with van der Waals surface area (Å²) in [7, 11) is 0. The van der Waals surface area contributed by atoms with Gasteiger partial charge in [0.05, 0.1) is 0 Å². The quantitative estimate of drug-likeness (QED) is 0.784. The molecule has 19 heavy (non-hydrogen) atoms. The van der Waals surface area contributed by atoms with E-state index in [0.717, 1.165) is 37.4 Å². The van der Waals surface area contributed by atoms with Gasteiger partial charge in [0.2, 0.25) is 0 Å². The first kappa shape index (κ1) is 14.7. The molecule has 2 aliphatic rings. The number of hydrogen-bond acceptors (Lipinski definition) is 1. The maximum atomic E-state index is 12.1. The van der Waals surface area contributed by atoms with Crippen LogP contribution >= 0.6 is 0 Å². The highest BCUT2D eigenvalue weighted by atomic mass is 16.2. The molecule has 0 saturated heterocycles. The number of rotatable bonds is 6. The number of carbonyl (C=O) groups is 1. The molecule has 2 aliphatic carbocycles. The number of nitrogens with zero attached hydrogens (tertiary/aromatic N) is 1. The third-order valence-corrected chi connectivity index (χ3v) is 4.93. The molecule has 2 rings (SSSR count). The highest BCUT2D eigenvalue weighted by Gasteiger charge is 2.38. The van der Waals surface area contributed by atoms with Crippen LogP contribution in [0.4, 0.5) is 4.79 Å². The predicted molar refractivity (Wildman–Crippen MR) is 79.0 cm³/mol. The van der Waals surface area contributed by atoms with E-state index in [1.807, 2.05) is 4.90 Å². The predicted octanol–water partition coefficient (Wildman–Crippen LogP) is 3.50. The van der Waals surface area contributed by atoms with Crippen LogP contribution in [0.2, 0.25) is 0 Å². The van der Waals surface area contributed by atoms with Crippen molar-refractivity contribution in [2.24, 2.45) is 23.7 Å². The lowest BCUT2D eigenvalue weighted by Crippen LogP contribution is -2.42. The Bertz CT molecular complexity index is 303. The fraction of sp³-hybridized carbons (Fsp3) is 0.938. The Hall–Kier alpha value is -0.730. The summed E-state index contributed by atoms with van der Waals surface area (Å²) in [6.07, 6.45) is 6.98. The van der Waals surface area contributed by atoms with Gasteiger partial charge in [-0.3, -0.25) is 0 Å². The van der Waals surface area contributed by atoms with Gasteiger partial charge >= 0.3 is 6.03 Å². The molecule has 0 spiro atoms. The summed E-state index contributed by atoms with van der Waals surface area (Å²) in [5.41, 5.74) is 0. The first-order chi connectivity index (χ1) is 9.10. The topological polar surface area (TPSA) is 32.3 Å². The van der Waals surface area contributed by atoms with Crippen molar-refractivity contribution in [3.05, 3.63) is 0 Å². The summed E-state index contributed by atoms with van der Waals surface area (Å²) in [4.78, 5) is 14.0. The number of nitrogens with one attached hydrogen (secondary N) is 1. The Morgan fingerprint density at radius 3 is 2.63 bits per heavy atom. The van der Waals surface area contributed by atoms with Crippen molar-refractivity contribution in [2.75, 3.05) is 19.6 Å². The highest BCUT2D eigenvalue weighted by molar-refractivity contribution is 5.74. The average Bonchev–Trinajstić information content (AvgIpc) is 2.97. The van der Waals surface area contributed by atoms with Gasteiger partial charge in [-0.05, 0) is 56.3 Å². The van der Waals surface area contributed by atoms with Crippen molar-refractivity contribution in [3.63, 3.8) is 0 Å². The van der Waals surface area contributed by atoms with E-state index < -0.39 is 0 Å². The Labute approximate surface area is 118 Å². The summed E-state index contributed by atoms with van der Waals surface area (Å²) in [6.45, 7) is 8.89. The standard InChI is InChI=1S/C16H30N2O/c1-4-18(11-12(2)3)16(19)17-8-7-15-10-13-5-6-14(15)9-13/h12-15H,4-11H2,1-3H3,(H,17,19). The highest BCUT2D eigenvalue weighted by Crippen LogP contribution is 2.49. The van der Waals surface area contributed by atoms with Gasteiger partial charge in [-0.15, -0.1) is 0 Å². The van der Waals surface area contributed by atoms with Crippen molar-refractivity contribution in [1.29, 1.82) is 0 Å². The maximum absolute atomic E-state index is 12.1. The van der Waals surface area contributed by atoms with Gasteiger partial charge in [-0.25, -0.2) is 4.79 Å². The van der Waals surface area contributed by atoms with Gasteiger partial charge in [0.15, 0.2) is 0 Å². The van der Waals surface area contributed by atoms with Gasteiger partial charge in [0, 0.05) is 19.6 Å². The molecule has 2 fully saturated rings. The molecule has 0 heterocycles. The molecular weight excluding hydrogens is 236 g/mol. The minimum Gasteiger partial charge on any atom is -0.338 e. The lowest BCUT2D eigenvalue weighted by atomic mass is 9.86. The van der Waals surface area contributed by atoms with Gasteiger partial charge in [0.1, 0.15) is 0 Å². The van der Waals surface area contributed by atoms with E-state index in [1.54, 1.807) is 0 Å². The molecule has 0 aromatic carbocycles. The van der Waals surface area contributed by atoms with Crippen molar-refractivity contribution in [1.82, 2.24) is 10.2 Å². The van der Waals surface area contributed by atoms with Crippen LogP contribution in [0.25, 0.3) is 0 Å². The Morgan fingerprint density at radius 1 is 1.32 bits per heavy atom. The molecule has 0 aliphatic heterocycles. The minimum absolute atomic E-state index is 0.124. The SMILES string of the molecule is CCN(CC(C)C)C(=O)NCCC1CC2CCC1C2. The molecular formula is C16H30N2O. The lowest BCUT2D eigenvalue weighted by Gasteiger charge is -2.25. The molecule has 3 atom stereocenters. The van der Waals surface area contributed by atoms with Gasteiger partial charge in [-0.1, -0.05) is 20.3 Å². The third kappa shape index (κ3) is 3.87. The summed E-state index contributed by atoms with van der Waals surface area (Å²) in [6, 6.07) is 0.124. The van der Waals surface area contributed by atoms with E-state index in [4.69, 9.17) is 0 Å². The lowest BCUT2D eigenvalue weighted by molar-refractivity contribution is 0.192. The second-order valence-electron chi connectivity index (χ2n) is 6.89. The van der Waals surface area contributed by atoms with Crippen LogP contribution in [0, 0.1) is 23.7 Å². The van der Waals surface area contributed by atoms with E-state index in [2.05, 4.69) is 26.1 Å². The summed E-state index contributed by atoms with van der Waals surface area (Å²) >= 11 is 0. The monoisotopic (exact) mass is 266 g/mol. The zero-order chi connectivity index (χ0) is 13.8. The van der Waals surface area contributed by atoms with Crippen LogP contribution in [0.1, 0.15) is 52.9 Å². The first-order valence-corrected chi connectivity index (χ1v) is 8.12. The second-order valence-corrected chi connectivity index (χ2v) is 6.89. The fourth-order valence-corrected chi connectivity index (χ4v) is 4.00. The van der Waals surface area contributed by atoms with Crippen molar-refractivity contribution in [2.45, 2.75) is 52.9 Å². The maximum Gasteiger partial charge on any atom is 0.317 e. The molecule has 0 aromatic rings. The smallest absolute Gasteiger partial charge is 0.317 e. The molecule has 3 unspecified atom stereocenters. The van der Waals surface area contributed by atoms with Crippen LogP contribution in [0.3, 0.4) is 0 Å². The zero-order valence-corrected chi connectivity index (χ0v) is 12.8. The molecule has 0 radical (unpaired) electrons. The Morgan fingerprint density at radius 2 is 2.11 bits per heavy atom. The van der Waals surface area contributed by atoms with Crippen molar-refractivity contribution < 1.29 is 4.79 Å². The molecule has 2 amide bonds. The summed E-state index contributed by atoms with van der Waals surface area (Å²) < 4.78 is 0. The molecule has 3 nitrogen and oxygen atoms in total. The van der Waals surface area contributed by atoms with E-state index in [9.17, 15) is 4.79 Å². The Balaban J connectivity index is 1.65. The third-order valence-electron chi connectivity index (χ3n) is 4.93. The van der Waals surface area contributed by atoms with Gasteiger partial charge in [-0.2, -0.15) is 0 Å². The molecule has 2 bridgehead atoms. The van der Waals surface area contributed by atoms with Crippen LogP contribution in [0.15, 0.2) is 0 Å². The largest absolute Gasteiger partial charge is 0.338 e. The van der Waals surface area contributed by atoms with Crippen LogP contribution in [0.5, 0.6) is 0 Å². The molecule has 110 valence electrons. The van der Waals surface area contributed by atoms with E-state index in [1.165, 1.54) is 32.1 Å². The second kappa shape index (κ2) is 6.62. The van der Waals surface area contributed by atoms with Crippen LogP contribution < -0.4 is 5.32 Å². The Kier molecular flexibility index (Phi) is 5.12. The van der Waals surface area contributed by atoms with Gasteiger partial charge < -0.3 is 10.2 Å². The minimum atomic E-state index is 0.124. The fourth-order valence-electron chi connectivity index (χ4n) is 4.00. The number of fused-ring (bicyclic) bond motifs is 2. The molecule has 1 N–H and O–H groups in total. The van der Waals surface area contributed by atoms with Gasteiger partial charge in [0.25, 0.3) is 0 Å². The van der Waals surface area contributed by atoms with Crippen LogP contribution in [-0.4, -0.2) is 30.6 Å². The molecule has 0 aromatic heterocycles. The van der Waals surface area contributed by atoms with E-state index in [-0.39, 0.29) is 6.03 Å². The number of amides is 2. The average molecular weight is 266 g/mol. The summed E-state index contributed by atoms with van der Waals surface area (Å²) in [5, 5.41) is 3.11. The number of carbonyl (C=O) groups excluding carboxylic acids is 1.